The standard InChI is InChI=1S/C23H34N4O4/c1-23(2,30)17-24-12-14-26(15-13-24)22(29)27-16-20(21(28)25-10-6-3-7-11-25)31-19-9-5-4-8-18(19)27/h4-5,8-9,20,30H,3,6-7,10-17H2,1-2H3. The van der Waals surface area contributed by atoms with Crippen molar-refractivity contribution in [3.8, 4) is 5.75 Å². The number of amides is 3. The molecule has 8 nitrogen and oxygen atoms in total. The molecule has 0 bridgehead atoms. The van der Waals surface area contributed by atoms with E-state index in [0.29, 0.717) is 31.1 Å². The fourth-order valence-electron chi connectivity index (χ4n) is 4.68. The summed E-state index contributed by atoms with van der Waals surface area (Å²) in [6.45, 7) is 8.57. The molecular formula is C23H34N4O4. The Morgan fingerprint density at radius 1 is 1.00 bits per heavy atom. The van der Waals surface area contributed by atoms with E-state index >= 15 is 0 Å². The lowest BCUT2D eigenvalue weighted by Crippen LogP contribution is -2.58. The lowest BCUT2D eigenvalue weighted by atomic mass is 10.1. The van der Waals surface area contributed by atoms with Gasteiger partial charge in [-0.3, -0.25) is 14.6 Å². The number of piperazine rings is 1. The van der Waals surface area contributed by atoms with Crippen molar-refractivity contribution in [2.24, 2.45) is 0 Å². The molecule has 3 heterocycles. The minimum Gasteiger partial charge on any atom is -0.476 e. The van der Waals surface area contributed by atoms with Gasteiger partial charge in [0.2, 0.25) is 0 Å². The molecule has 0 aromatic heterocycles. The van der Waals surface area contributed by atoms with Crippen LogP contribution in [0.3, 0.4) is 0 Å². The van der Waals surface area contributed by atoms with E-state index < -0.39 is 11.7 Å². The highest BCUT2D eigenvalue weighted by atomic mass is 16.5. The van der Waals surface area contributed by atoms with Crippen molar-refractivity contribution in [2.75, 3.05) is 57.3 Å². The quantitative estimate of drug-likeness (QED) is 0.791. The van der Waals surface area contributed by atoms with Crippen molar-refractivity contribution in [1.29, 1.82) is 0 Å². The first-order valence-corrected chi connectivity index (χ1v) is 11.4. The van der Waals surface area contributed by atoms with Crippen LogP contribution in [0.1, 0.15) is 33.1 Å². The number of rotatable bonds is 3. The van der Waals surface area contributed by atoms with Gasteiger partial charge in [0.05, 0.1) is 17.8 Å². The van der Waals surface area contributed by atoms with Gasteiger partial charge in [0, 0.05) is 45.8 Å². The third-order valence-electron chi connectivity index (χ3n) is 6.20. The predicted octanol–water partition coefficient (Wildman–Crippen LogP) is 1.77. The lowest BCUT2D eigenvalue weighted by Gasteiger charge is -2.42. The van der Waals surface area contributed by atoms with E-state index in [2.05, 4.69) is 4.90 Å². The fraction of sp³-hybridized carbons (Fsp3) is 0.652. The summed E-state index contributed by atoms with van der Waals surface area (Å²) in [5.74, 6) is 0.556. The molecule has 3 aliphatic heterocycles. The van der Waals surface area contributed by atoms with E-state index in [1.807, 2.05) is 34.1 Å². The average Bonchev–Trinajstić information content (AvgIpc) is 2.77. The molecule has 4 rings (SSSR count). The summed E-state index contributed by atoms with van der Waals surface area (Å²) in [7, 11) is 0. The van der Waals surface area contributed by atoms with Gasteiger partial charge < -0.3 is 19.6 Å². The Kier molecular flexibility index (Phi) is 6.39. The zero-order valence-electron chi connectivity index (χ0n) is 18.6. The number of anilines is 1. The van der Waals surface area contributed by atoms with Gasteiger partial charge in [-0.25, -0.2) is 4.79 Å². The molecule has 1 aromatic rings. The summed E-state index contributed by atoms with van der Waals surface area (Å²) in [5, 5.41) is 10.1. The van der Waals surface area contributed by atoms with E-state index in [9.17, 15) is 14.7 Å². The predicted molar refractivity (Wildman–Crippen MR) is 118 cm³/mol. The zero-order chi connectivity index (χ0) is 22.0. The number of ether oxygens (including phenoxy) is 1. The zero-order valence-corrected chi connectivity index (χ0v) is 18.6. The average molecular weight is 431 g/mol. The third-order valence-corrected chi connectivity index (χ3v) is 6.20. The summed E-state index contributed by atoms with van der Waals surface area (Å²) >= 11 is 0. The van der Waals surface area contributed by atoms with Gasteiger partial charge in [0.25, 0.3) is 5.91 Å². The Morgan fingerprint density at radius 3 is 2.35 bits per heavy atom. The number of para-hydroxylation sites is 2. The van der Waals surface area contributed by atoms with Gasteiger partial charge in [-0.05, 0) is 45.2 Å². The molecule has 1 N–H and O–H groups in total. The molecule has 0 spiro atoms. The summed E-state index contributed by atoms with van der Waals surface area (Å²) in [6.07, 6.45) is 2.52. The highest BCUT2D eigenvalue weighted by Crippen LogP contribution is 2.34. The van der Waals surface area contributed by atoms with E-state index in [4.69, 9.17) is 4.74 Å². The van der Waals surface area contributed by atoms with Gasteiger partial charge in [-0.15, -0.1) is 0 Å². The van der Waals surface area contributed by atoms with Crippen LogP contribution >= 0.6 is 0 Å². The number of hydrogen-bond acceptors (Lipinski definition) is 5. The molecule has 170 valence electrons. The number of aliphatic hydroxyl groups is 1. The minimum atomic E-state index is -0.753. The molecule has 3 amide bonds. The van der Waals surface area contributed by atoms with Gasteiger partial charge in [0.1, 0.15) is 5.75 Å². The molecule has 8 heteroatoms. The number of benzene rings is 1. The molecule has 1 unspecified atom stereocenters. The van der Waals surface area contributed by atoms with E-state index in [-0.39, 0.29) is 18.5 Å². The Morgan fingerprint density at radius 2 is 1.68 bits per heavy atom. The summed E-state index contributed by atoms with van der Waals surface area (Å²) in [4.78, 5) is 34.2. The minimum absolute atomic E-state index is 0.0259. The van der Waals surface area contributed by atoms with E-state index in [0.717, 1.165) is 45.4 Å². The number of urea groups is 1. The maximum atomic E-state index is 13.5. The number of likely N-dealkylation sites (tertiary alicyclic amines) is 1. The molecule has 31 heavy (non-hydrogen) atoms. The van der Waals surface area contributed by atoms with Crippen molar-refractivity contribution in [2.45, 2.75) is 44.8 Å². The van der Waals surface area contributed by atoms with Crippen molar-refractivity contribution in [1.82, 2.24) is 14.7 Å². The van der Waals surface area contributed by atoms with E-state index in [1.54, 1.807) is 18.7 Å². The summed E-state index contributed by atoms with van der Waals surface area (Å²) < 4.78 is 6.05. The number of fused-ring (bicyclic) bond motifs is 1. The topological polar surface area (TPSA) is 76.6 Å². The second-order valence-corrected chi connectivity index (χ2v) is 9.43. The van der Waals surface area contributed by atoms with Crippen LogP contribution in [0.5, 0.6) is 5.75 Å². The molecule has 3 aliphatic rings. The van der Waals surface area contributed by atoms with Gasteiger partial charge in [-0.2, -0.15) is 0 Å². The lowest BCUT2D eigenvalue weighted by molar-refractivity contribution is -0.139. The van der Waals surface area contributed by atoms with Gasteiger partial charge in [0.15, 0.2) is 6.10 Å². The number of hydrogen-bond donors (Lipinski definition) is 1. The van der Waals surface area contributed by atoms with Crippen LogP contribution in [0.4, 0.5) is 10.5 Å². The van der Waals surface area contributed by atoms with Gasteiger partial charge >= 0.3 is 6.03 Å². The number of β-amino-alcohol motifs (C(OH)–C–C–N with tert-alkyl or cyclic N) is 1. The molecule has 0 saturated carbocycles. The van der Waals surface area contributed by atoms with Gasteiger partial charge in [-0.1, -0.05) is 12.1 Å². The third kappa shape index (κ3) is 5.13. The molecule has 0 radical (unpaired) electrons. The van der Waals surface area contributed by atoms with Crippen molar-refractivity contribution in [3.63, 3.8) is 0 Å². The van der Waals surface area contributed by atoms with Crippen LogP contribution in [-0.2, 0) is 4.79 Å². The summed E-state index contributed by atoms with van der Waals surface area (Å²) in [6, 6.07) is 7.36. The van der Waals surface area contributed by atoms with Crippen molar-refractivity contribution in [3.05, 3.63) is 24.3 Å². The largest absolute Gasteiger partial charge is 0.476 e. The molecule has 2 saturated heterocycles. The van der Waals surface area contributed by atoms with Crippen LogP contribution in [0.2, 0.25) is 0 Å². The highest BCUT2D eigenvalue weighted by molar-refractivity contribution is 5.96. The van der Waals surface area contributed by atoms with Crippen LogP contribution in [-0.4, -0.2) is 95.8 Å². The Hall–Kier alpha value is -2.32. The van der Waals surface area contributed by atoms with Crippen molar-refractivity contribution >= 4 is 17.6 Å². The number of carbonyl (C=O) groups excluding carboxylic acids is 2. The monoisotopic (exact) mass is 430 g/mol. The van der Waals surface area contributed by atoms with Crippen LogP contribution in [0.25, 0.3) is 0 Å². The summed E-state index contributed by atoms with van der Waals surface area (Å²) in [5.41, 5.74) is -0.0358. The second kappa shape index (κ2) is 9.04. The number of nitrogens with zero attached hydrogens (tertiary/aromatic N) is 4. The first-order chi connectivity index (χ1) is 14.8. The Bertz CT molecular complexity index is 795. The van der Waals surface area contributed by atoms with Crippen molar-refractivity contribution < 1.29 is 19.4 Å². The smallest absolute Gasteiger partial charge is 0.324 e. The molecule has 2 fully saturated rings. The first-order valence-electron chi connectivity index (χ1n) is 11.4. The van der Waals surface area contributed by atoms with E-state index in [1.165, 1.54) is 0 Å². The maximum absolute atomic E-state index is 13.5. The van der Waals surface area contributed by atoms with Crippen LogP contribution in [0.15, 0.2) is 24.3 Å². The van der Waals surface area contributed by atoms with Crippen LogP contribution < -0.4 is 9.64 Å². The fourth-order valence-corrected chi connectivity index (χ4v) is 4.68. The number of piperidine rings is 1. The second-order valence-electron chi connectivity index (χ2n) is 9.43. The first kappa shape index (κ1) is 21.9. The highest BCUT2D eigenvalue weighted by Gasteiger charge is 2.38. The molecule has 0 aliphatic carbocycles. The Labute approximate surface area is 184 Å². The molecular weight excluding hydrogens is 396 g/mol. The maximum Gasteiger partial charge on any atom is 0.324 e. The SMILES string of the molecule is CC(C)(O)CN1CCN(C(=O)N2CC(C(=O)N3CCCCC3)Oc3ccccc32)CC1. The normalized spacial score (nSPS) is 22.7. The van der Waals surface area contributed by atoms with Crippen LogP contribution in [0, 0.1) is 0 Å². The Balaban J connectivity index is 1.46. The molecule has 1 aromatic carbocycles. The molecule has 1 atom stereocenters. The number of carbonyl (C=O) groups is 2.